The summed E-state index contributed by atoms with van der Waals surface area (Å²) in [4.78, 5) is 0. The van der Waals surface area contributed by atoms with Crippen molar-refractivity contribution in [1.29, 1.82) is 0 Å². The second-order valence-electron chi connectivity index (χ2n) is 2.37. The molecule has 1 nitrogen and oxygen atoms in total. The van der Waals surface area contributed by atoms with E-state index in [1.54, 1.807) is 0 Å². The summed E-state index contributed by atoms with van der Waals surface area (Å²) in [6, 6.07) is 0. The summed E-state index contributed by atoms with van der Waals surface area (Å²) in [5.74, 6) is 0. The van der Waals surface area contributed by atoms with E-state index < -0.39 is 23.2 Å². The molecule has 0 spiro atoms. The quantitative estimate of drug-likeness (QED) is 0.671. The molecule has 0 aliphatic rings. The Labute approximate surface area is 62.9 Å². The van der Waals surface area contributed by atoms with Crippen molar-refractivity contribution in [2.75, 3.05) is 0 Å². The maximum atomic E-state index is 10.6. The van der Waals surface area contributed by atoms with Gasteiger partial charge in [0.1, 0.15) is 0 Å². The first kappa shape index (κ1) is 8.68. The molecular formula is C6H13OZr. The molecule has 0 saturated heterocycles. The molecular weight excluding hydrogens is 179 g/mol. The molecule has 0 radical (unpaired) electrons. The summed E-state index contributed by atoms with van der Waals surface area (Å²) in [6.45, 7) is 6.34. The molecule has 47 valence electrons. The Kier molecular flexibility index (Phi) is 3.97. The van der Waals surface area contributed by atoms with Crippen LogP contribution in [0, 0.1) is 0 Å². The molecule has 0 aliphatic carbocycles. The van der Waals surface area contributed by atoms with Crippen LogP contribution in [0.15, 0.2) is 0 Å². The number of rotatable bonds is 3. The van der Waals surface area contributed by atoms with Gasteiger partial charge in [0, 0.05) is 0 Å². The van der Waals surface area contributed by atoms with Crippen molar-refractivity contribution in [2.24, 2.45) is 0 Å². The number of hydrogen-bond acceptors (Lipinski definition) is 1. The van der Waals surface area contributed by atoms with Gasteiger partial charge in [0.05, 0.1) is 0 Å². The topological polar surface area (TPSA) is 17.1 Å². The minimum atomic E-state index is -1.26. The molecule has 0 fully saturated rings. The van der Waals surface area contributed by atoms with Crippen LogP contribution in [0.1, 0.15) is 33.6 Å². The molecule has 0 aromatic heterocycles. The van der Waals surface area contributed by atoms with Crippen molar-refractivity contribution in [2.45, 2.75) is 36.7 Å². The van der Waals surface area contributed by atoms with E-state index in [1.165, 1.54) is 0 Å². The molecule has 0 heterocycles. The van der Waals surface area contributed by atoms with Gasteiger partial charge < -0.3 is 0 Å². The van der Waals surface area contributed by atoms with Gasteiger partial charge in [-0.3, -0.25) is 0 Å². The van der Waals surface area contributed by atoms with Crippen molar-refractivity contribution >= 4 is 0 Å². The second-order valence-corrected chi connectivity index (χ2v) is 5.84. The molecule has 0 bridgehead atoms. The molecule has 8 heavy (non-hydrogen) atoms. The van der Waals surface area contributed by atoms with Crippen molar-refractivity contribution in [3.8, 4) is 0 Å². The molecule has 0 amide bonds. The first-order valence-electron chi connectivity index (χ1n) is 3.08. The third kappa shape index (κ3) is 2.30. The van der Waals surface area contributed by atoms with Gasteiger partial charge in [0.15, 0.2) is 0 Å². The predicted molar refractivity (Wildman–Crippen MR) is 29.6 cm³/mol. The van der Waals surface area contributed by atoms with E-state index in [0.29, 0.717) is 0 Å². The normalized spacial score (nSPS) is 10.9. The SMILES string of the molecule is CC[C](C)(CC)[Zr]=[O]. The van der Waals surface area contributed by atoms with Crippen LogP contribution in [0.25, 0.3) is 0 Å². The monoisotopic (exact) mass is 191 g/mol. The van der Waals surface area contributed by atoms with E-state index in [0.717, 1.165) is 12.8 Å². The fourth-order valence-electron chi connectivity index (χ4n) is 0.394. The fraction of sp³-hybridized carbons (Fsp3) is 1.00. The summed E-state index contributed by atoms with van der Waals surface area (Å²) in [5, 5.41) is 0. The molecule has 0 saturated carbocycles. The summed E-state index contributed by atoms with van der Waals surface area (Å²) in [5.41, 5.74) is 0. The first-order chi connectivity index (χ1) is 3.68. The third-order valence-electron chi connectivity index (χ3n) is 1.81. The predicted octanol–water partition coefficient (Wildman–Crippen LogP) is 2.41. The van der Waals surface area contributed by atoms with Crippen LogP contribution in [0.2, 0.25) is 3.12 Å². The standard InChI is InChI=1S/C6H13.O.Zr/c1-4-6(3)5-2;;/h4-5H2,1-3H3;;. The van der Waals surface area contributed by atoms with Crippen molar-refractivity contribution in [3.05, 3.63) is 0 Å². The van der Waals surface area contributed by atoms with E-state index >= 15 is 0 Å². The van der Waals surface area contributed by atoms with Gasteiger partial charge in [-0.1, -0.05) is 0 Å². The molecule has 0 aromatic rings. The van der Waals surface area contributed by atoms with Gasteiger partial charge in [-0.2, -0.15) is 0 Å². The molecule has 0 rings (SSSR count). The molecule has 0 N–H and O–H groups in total. The molecule has 0 aromatic carbocycles. The van der Waals surface area contributed by atoms with Crippen LogP contribution < -0.4 is 0 Å². The van der Waals surface area contributed by atoms with Crippen LogP contribution in [0.5, 0.6) is 0 Å². The van der Waals surface area contributed by atoms with Crippen molar-refractivity contribution in [1.82, 2.24) is 0 Å². The summed E-state index contributed by atoms with van der Waals surface area (Å²) in [6.07, 6.45) is 2.16. The zero-order chi connectivity index (χ0) is 6.62. The molecule has 0 unspecified atom stereocenters. The Bertz CT molecular complexity index is 76.6. The van der Waals surface area contributed by atoms with Gasteiger partial charge in [-0.15, -0.1) is 0 Å². The summed E-state index contributed by atoms with van der Waals surface area (Å²) >= 11 is -1.26. The zero-order valence-corrected chi connectivity index (χ0v) is 8.28. The van der Waals surface area contributed by atoms with E-state index in [-0.39, 0.29) is 3.12 Å². The van der Waals surface area contributed by atoms with Gasteiger partial charge >= 0.3 is 62.8 Å². The van der Waals surface area contributed by atoms with Crippen LogP contribution in [0.4, 0.5) is 0 Å². The Morgan fingerprint density at radius 3 is 1.75 bits per heavy atom. The molecule has 2 heteroatoms. The Morgan fingerprint density at radius 1 is 1.38 bits per heavy atom. The van der Waals surface area contributed by atoms with E-state index in [4.69, 9.17) is 0 Å². The third-order valence-corrected chi connectivity index (χ3v) is 4.76. The van der Waals surface area contributed by atoms with E-state index in [9.17, 15) is 2.81 Å². The molecule has 0 aliphatic heterocycles. The van der Waals surface area contributed by atoms with Crippen LogP contribution in [-0.4, -0.2) is 0 Å². The Hall–Kier alpha value is 0.683. The zero-order valence-electron chi connectivity index (χ0n) is 5.82. The van der Waals surface area contributed by atoms with Gasteiger partial charge in [-0.25, -0.2) is 0 Å². The summed E-state index contributed by atoms with van der Waals surface area (Å²) < 4.78 is 10.8. The number of hydrogen-bond donors (Lipinski definition) is 0. The average Bonchev–Trinajstić information content (AvgIpc) is 1.87. The second kappa shape index (κ2) is 3.66. The molecule has 0 atom stereocenters. The minimum absolute atomic E-state index is 0.239. The van der Waals surface area contributed by atoms with Crippen LogP contribution in [0.3, 0.4) is 0 Å². The van der Waals surface area contributed by atoms with Gasteiger partial charge in [0.25, 0.3) is 0 Å². The fourth-order valence-corrected chi connectivity index (χ4v) is 1.10. The van der Waals surface area contributed by atoms with Crippen molar-refractivity contribution < 1.29 is 26.1 Å². The maximum absolute atomic E-state index is 10.6. The van der Waals surface area contributed by atoms with Gasteiger partial charge in [-0.05, 0) is 0 Å². The first-order valence-corrected chi connectivity index (χ1v) is 5.31. The average molecular weight is 192 g/mol. The van der Waals surface area contributed by atoms with E-state index in [2.05, 4.69) is 20.8 Å². The van der Waals surface area contributed by atoms with Crippen LogP contribution >= 0.6 is 0 Å². The van der Waals surface area contributed by atoms with E-state index in [1.807, 2.05) is 0 Å². The Morgan fingerprint density at radius 2 is 1.75 bits per heavy atom. The Balaban J connectivity index is 3.76. The van der Waals surface area contributed by atoms with Gasteiger partial charge in [0.2, 0.25) is 0 Å². The van der Waals surface area contributed by atoms with Crippen LogP contribution in [-0.2, 0) is 26.1 Å². The summed E-state index contributed by atoms with van der Waals surface area (Å²) in [7, 11) is 0. The van der Waals surface area contributed by atoms with Crippen molar-refractivity contribution in [3.63, 3.8) is 0 Å².